The van der Waals surface area contributed by atoms with Crippen molar-refractivity contribution in [3.05, 3.63) is 17.7 Å². The quantitative estimate of drug-likeness (QED) is 0.793. The minimum Gasteiger partial charge on any atom is -0.393 e. The first-order chi connectivity index (χ1) is 7.42. The molecule has 0 bridgehead atoms. The lowest BCUT2D eigenvalue weighted by molar-refractivity contribution is 0.0335. The van der Waals surface area contributed by atoms with Gasteiger partial charge in [-0.05, 0) is 38.5 Å². The van der Waals surface area contributed by atoms with E-state index in [2.05, 4.69) is 30.3 Å². The van der Waals surface area contributed by atoms with Crippen molar-refractivity contribution in [1.82, 2.24) is 9.55 Å². The molecule has 0 spiro atoms. The predicted octanol–water partition coefficient (Wildman–Crippen LogP) is 2.61. The Hall–Kier alpha value is -0.830. The first kappa shape index (κ1) is 11.6. The zero-order valence-electron chi connectivity index (χ0n) is 10.7. The van der Waals surface area contributed by atoms with Crippen LogP contribution in [-0.2, 0) is 0 Å². The number of aliphatic hydroxyl groups is 1. The van der Waals surface area contributed by atoms with E-state index < -0.39 is 0 Å². The summed E-state index contributed by atoms with van der Waals surface area (Å²) < 4.78 is 2.25. The Morgan fingerprint density at radius 2 is 2.12 bits per heavy atom. The Bertz CT molecular complexity index is 381. The molecule has 3 nitrogen and oxygen atoms in total. The van der Waals surface area contributed by atoms with E-state index in [-0.39, 0.29) is 11.5 Å². The van der Waals surface area contributed by atoms with Crippen molar-refractivity contribution in [2.24, 2.45) is 5.41 Å². The molecular formula is C13H22N2O. The van der Waals surface area contributed by atoms with Gasteiger partial charge in [0.25, 0.3) is 0 Å². The second-order valence-electron chi connectivity index (χ2n) is 5.76. The van der Waals surface area contributed by atoms with Gasteiger partial charge in [0.15, 0.2) is 0 Å². The van der Waals surface area contributed by atoms with Gasteiger partial charge >= 0.3 is 0 Å². The summed E-state index contributed by atoms with van der Waals surface area (Å²) in [5.74, 6) is 0. The summed E-state index contributed by atoms with van der Waals surface area (Å²) in [6.07, 6.45) is 4.63. The van der Waals surface area contributed by atoms with Gasteiger partial charge in [-0.2, -0.15) is 0 Å². The van der Waals surface area contributed by atoms with Crippen LogP contribution >= 0.6 is 0 Å². The standard InChI is InChI=1S/C13H22N2O/c1-9-10(2)15(8-14-9)12-7-11(16)5-6-13(12,3)4/h8,11-12,16H,5-7H2,1-4H3. The summed E-state index contributed by atoms with van der Waals surface area (Å²) in [6.45, 7) is 8.73. The van der Waals surface area contributed by atoms with Crippen LogP contribution in [0.15, 0.2) is 6.33 Å². The summed E-state index contributed by atoms with van der Waals surface area (Å²) in [6, 6.07) is 0.373. The lowest BCUT2D eigenvalue weighted by Gasteiger charge is -2.41. The third kappa shape index (κ3) is 1.88. The van der Waals surface area contributed by atoms with Crippen LogP contribution in [0.25, 0.3) is 0 Å². The summed E-state index contributed by atoms with van der Waals surface area (Å²) in [5.41, 5.74) is 2.57. The monoisotopic (exact) mass is 222 g/mol. The zero-order chi connectivity index (χ0) is 11.9. The van der Waals surface area contributed by atoms with Crippen molar-refractivity contribution >= 4 is 0 Å². The molecule has 1 aliphatic rings. The Morgan fingerprint density at radius 1 is 1.44 bits per heavy atom. The Kier molecular flexibility index (Phi) is 2.82. The summed E-state index contributed by atoms with van der Waals surface area (Å²) >= 11 is 0. The minimum atomic E-state index is -0.153. The van der Waals surface area contributed by atoms with Gasteiger partial charge in [0.1, 0.15) is 0 Å². The molecule has 1 N–H and O–H groups in total. The lowest BCUT2D eigenvalue weighted by atomic mass is 9.72. The SMILES string of the molecule is Cc1ncn(C2CC(O)CCC2(C)C)c1C. The van der Waals surface area contributed by atoms with Crippen LogP contribution in [0.3, 0.4) is 0 Å². The molecule has 90 valence electrons. The van der Waals surface area contributed by atoms with Gasteiger partial charge in [-0.1, -0.05) is 13.8 Å². The van der Waals surface area contributed by atoms with Crippen molar-refractivity contribution in [3.63, 3.8) is 0 Å². The third-order valence-electron chi connectivity index (χ3n) is 4.14. The smallest absolute Gasteiger partial charge is 0.0954 e. The molecule has 0 saturated heterocycles. The lowest BCUT2D eigenvalue weighted by Crippen LogP contribution is -2.36. The molecule has 2 atom stereocenters. The average molecular weight is 222 g/mol. The highest BCUT2D eigenvalue weighted by Gasteiger charge is 2.37. The first-order valence-corrected chi connectivity index (χ1v) is 6.10. The van der Waals surface area contributed by atoms with Gasteiger partial charge in [0.2, 0.25) is 0 Å². The largest absolute Gasteiger partial charge is 0.393 e. The van der Waals surface area contributed by atoms with E-state index >= 15 is 0 Å². The summed E-state index contributed by atoms with van der Waals surface area (Å²) in [4.78, 5) is 4.36. The minimum absolute atomic E-state index is 0.153. The van der Waals surface area contributed by atoms with Gasteiger partial charge in [-0.25, -0.2) is 4.98 Å². The van der Waals surface area contributed by atoms with Crippen LogP contribution in [0.4, 0.5) is 0 Å². The molecule has 1 aromatic rings. The normalized spacial score (nSPS) is 29.3. The number of hydrogen-bond acceptors (Lipinski definition) is 2. The third-order valence-corrected chi connectivity index (χ3v) is 4.14. The number of aromatic nitrogens is 2. The number of hydrogen-bond donors (Lipinski definition) is 1. The van der Waals surface area contributed by atoms with Gasteiger partial charge in [-0.3, -0.25) is 0 Å². The first-order valence-electron chi connectivity index (χ1n) is 6.10. The van der Waals surface area contributed by atoms with E-state index in [1.807, 2.05) is 13.3 Å². The molecule has 1 heterocycles. The van der Waals surface area contributed by atoms with E-state index in [1.165, 1.54) is 5.69 Å². The Balaban J connectivity index is 2.34. The summed E-state index contributed by atoms with van der Waals surface area (Å²) in [7, 11) is 0. The number of imidazole rings is 1. The number of aryl methyl sites for hydroxylation is 1. The highest BCUT2D eigenvalue weighted by molar-refractivity contribution is 5.11. The van der Waals surface area contributed by atoms with Gasteiger partial charge in [0.05, 0.1) is 18.1 Å². The molecular weight excluding hydrogens is 200 g/mol. The maximum absolute atomic E-state index is 9.84. The molecule has 16 heavy (non-hydrogen) atoms. The average Bonchev–Trinajstić information content (AvgIpc) is 2.53. The number of nitrogens with zero attached hydrogens (tertiary/aromatic N) is 2. The molecule has 0 amide bonds. The second-order valence-corrected chi connectivity index (χ2v) is 5.76. The van der Waals surface area contributed by atoms with Crippen LogP contribution in [0.2, 0.25) is 0 Å². The number of aliphatic hydroxyl groups excluding tert-OH is 1. The van der Waals surface area contributed by atoms with Gasteiger partial charge in [0, 0.05) is 11.7 Å². The Labute approximate surface area is 97.5 Å². The zero-order valence-corrected chi connectivity index (χ0v) is 10.7. The Morgan fingerprint density at radius 3 is 2.69 bits per heavy atom. The molecule has 0 aliphatic heterocycles. The van der Waals surface area contributed by atoms with Crippen molar-refractivity contribution in [1.29, 1.82) is 0 Å². The highest BCUT2D eigenvalue weighted by Crippen LogP contribution is 2.44. The van der Waals surface area contributed by atoms with E-state index in [0.717, 1.165) is 25.0 Å². The molecule has 3 heteroatoms. The summed E-state index contributed by atoms with van der Waals surface area (Å²) in [5, 5.41) is 9.84. The van der Waals surface area contributed by atoms with Crippen molar-refractivity contribution < 1.29 is 5.11 Å². The molecule has 1 fully saturated rings. The fraction of sp³-hybridized carbons (Fsp3) is 0.769. The molecule has 0 aromatic carbocycles. The fourth-order valence-corrected chi connectivity index (χ4v) is 2.72. The molecule has 1 aromatic heterocycles. The second kappa shape index (κ2) is 3.88. The molecule has 1 aliphatic carbocycles. The van der Waals surface area contributed by atoms with Gasteiger partial charge < -0.3 is 9.67 Å². The highest BCUT2D eigenvalue weighted by atomic mass is 16.3. The molecule has 0 radical (unpaired) electrons. The van der Waals surface area contributed by atoms with E-state index in [1.54, 1.807) is 0 Å². The maximum atomic E-state index is 9.84. The fourth-order valence-electron chi connectivity index (χ4n) is 2.72. The molecule has 2 unspecified atom stereocenters. The van der Waals surface area contributed by atoms with Crippen molar-refractivity contribution in [3.8, 4) is 0 Å². The predicted molar refractivity (Wildman–Crippen MR) is 64.4 cm³/mol. The van der Waals surface area contributed by atoms with E-state index in [4.69, 9.17) is 0 Å². The van der Waals surface area contributed by atoms with Crippen LogP contribution < -0.4 is 0 Å². The van der Waals surface area contributed by atoms with E-state index in [9.17, 15) is 5.11 Å². The maximum Gasteiger partial charge on any atom is 0.0954 e. The topological polar surface area (TPSA) is 38.0 Å². The van der Waals surface area contributed by atoms with Crippen LogP contribution in [-0.4, -0.2) is 20.8 Å². The van der Waals surface area contributed by atoms with Crippen LogP contribution in [0.1, 0.15) is 50.5 Å². The molecule has 1 saturated carbocycles. The number of rotatable bonds is 1. The molecule has 2 rings (SSSR count). The van der Waals surface area contributed by atoms with Crippen molar-refractivity contribution in [2.45, 2.75) is 59.1 Å². The van der Waals surface area contributed by atoms with Crippen LogP contribution in [0, 0.1) is 19.3 Å². The van der Waals surface area contributed by atoms with E-state index in [0.29, 0.717) is 6.04 Å². The van der Waals surface area contributed by atoms with Crippen LogP contribution in [0.5, 0.6) is 0 Å². The van der Waals surface area contributed by atoms with Gasteiger partial charge in [-0.15, -0.1) is 0 Å². The van der Waals surface area contributed by atoms with Crippen molar-refractivity contribution in [2.75, 3.05) is 0 Å².